The molecule has 1 saturated carbocycles. The van der Waals surface area contributed by atoms with Crippen molar-refractivity contribution in [2.45, 2.75) is 84.0 Å². The van der Waals surface area contributed by atoms with Gasteiger partial charge in [-0.15, -0.1) is 0 Å². The summed E-state index contributed by atoms with van der Waals surface area (Å²) in [5, 5.41) is 3.15. The summed E-state index contributed by atoms with van der Waals surface area (Å²) in [6.07, 6.45) is 5.77. The summed E-state index contributed by atoms with van der Waals surface area (Å²) < 4.78 is 11.8. The molecule has 1 heterocycles. The van der Waals surface area contributed by atoms with E-state index in [1.807, 2.05) is 57.2 Å². The Morgan fingerprint density at radius 2 is 1.74 bits per heavy atom. The molecule has 1 aliphatic heterocycles. The van der Waals surface area contributed by atoms with Crippen LogP contribution in [0.4, 0.5) is 0 Å². The van der Waals surface area contributed by atoms with Crippen LogP contribution in [0, 0.1) is 5.92 Å². The Bertz CT molecular complexity index is 1040. The van der Waals surface area contributed by atoms with E-state index in [0.717, 1.165) is 35.3 Å². The van der Waals surface area contributed by atoms with Gasteiger partial charge < -0.3 is 19.7 Å². The number of hydrogen-bond acceptors (Lipinski definition) is 4. The van der Waals surface area contributed by atoms with Crippen molar-refractivity contribution in [1.82, 2.24) is 10.2 Å². The first-order valence-electron chi connectivity index (χ1n) is 12.9. The molecule has 0 saturated heterocycles. The number of ether oxygens (including phenoxy) is 2. The third kappa shape index (κ3) is 5.98. The van der Waals surface area contributed by atoms with Gasteiger partial charge in [-0.05, 0) is 67.3 Å². The van der Waals surface area contributed by atoms with Gasteiger partial charge in [-0.1, -0.05) is 44.2 Å². The molecule has 0 bridgehead atoms. The molecule has 35 heavy (non-hydrogen) atoms. The summed E-state index contributed by atoms with van der Waals surface area (Å²) in [6, 6.07) is 13.2. The van der Waals surface area contributed by atoms with Gasteiger partial charge in [0.1, 0.15) is 6.04 Å². The fourth-order valence-corrected chi connectivity index (χ4v) is 5.12. The number of fused-ring (bicyclic) bond motifs is 1. The Morgan fingerprint density at radius 3 is 2.43 bits per heavy atom. The van der Waals surface area contributed by atoms with Gasteiger partial charge in [0.15, 0.2) is 11.5 Å². The number of hydrogen-bond donors (Lipinski definition) is 1. The number of rotatable bonds is 8. The number of nitrogens with one attached hydrogen (secondary N) is 1. The van der Waals surface area contributed by atoms with Crippen molar-refractivity contribution in [1.29, 1.82) is 0 Å². The van der Waals surface area contributed by atoms with E-state index in [2.05, 4.69) is 11.4 Å². The molecule has 2 atom stereocenters. The average molecular weight is 479 g/mol. The van der Waals surface area contributed by atoms with Crippen molar-refractivity contribution >= 4 is 11.8 Å². The smallest absolute Gasteiger partial charge is 0.243 e. The Labute approximate surface area is 209 Å². The predicted octanol–water partition coefficient (Wildman–Crippen LogP) is 5.19. The topological polar surface area (TPSA) is 67.9 Å². The molecule has 1 N–H and O–H groups in total. The van der Waals surface area contributed by atoms with Crippen molar-refractivity contribution in [2.75, 3.05) is 7.11 Å². The van der Waals surface area contributed by atoms with E-state index in [9.17, 15) is 9.59 Å². The summed E-state index contributed by atoms with van der Waals surface area (Å²) in [5.41, 5.74) is 3.18. The van der Waals surface area contributed by atoms with Crippen LogP contribution in [0.3, 0.4) is 0 Å². The third-order valence-electron chi connectivity index (χ3n) is 7.10. The van der Waals surface area contributed by atoms with Crippen LogP contribution in [0.25, 0.3) is 0 Å². The molecule has 2 aromatic carbocycles. The third-order valence-corrected chi connectivity index (χ3v) is 7.10. The molecule has 2 unspecified atom stereocenters. The lowest BCUT2D eigenvalue weighted by Gasteiger charge is -2.37. The maximum atomic E-state index is 13.5. The number of carbonyl (C=O) groups excluding carboxylic acids is 2. The summed E-state index contributed by atoms with van der Waals surface area (Å²) in [6.45, 7) is 6.48. The summed E-state index contributed by atoms with van der Waals surface area (Å²) in [7, 11) is 1.64. The molecule has 6 nitrogen and oxygen atoms in total. The maximum absolute atomic E-state index is 13.5. The zero-order chi connectivity index (χ0) is 24.9. The van der Waals surface area contributed by atoms with E-state index in [1.54, 1.807) is 12.0 Å². The van der Waals surface area contributed by atoms with Gasteiger partial charge >= 0.3 is 0 Å². The van der Waals surface area contributed by atoms with Gasteiger partial charge in [0, 0.05) is 19.4 Å². The summed E-state index contributed by atoms with van der Waals surface area (Å²) in [5.74, 6) is 1.55. The van der Waals surface area contributed by atoms with Crippen LogP contribution in [0.5, 0.6) is 11.5 Å². The quantitative estimate of drug-likeness (QED) is 0.567. The van der Waals surface area contributed by atoms with Crippen LogP contribution >= 0.6 is 0 Å². The number of benzene rings is 2. The van der Waals surface area contributed by atoms with Gasteiger partial charge in [0.2, 0.25) is 11.8 Å². The van der Waals surface area contributed by atoms with Gasteiger partial charge in [-0.3, -0.25) is 9.59 Å². The van der Waals surface area contributed by atoms with Crippen molar-refractivity contribution in [3.63, 3.8) is 0 Å². The molecule has 2 aromatic rings. The van der Waals surface area contributed by atoms with E-state index in [-0.39, 0.29) is 29.9 Å². The minimum absolute atomic E-state index is 0.0254. The van der Waals surface area contributed by atoms with E-state index in [4.69, 9.17) is 9.47 Å². The highest BCUT2D eigenvalue weighted by Gasteiger charge is 2.35. The van der Waals surface area contributed by atoms with Gasteiger partial charge in [-0.2, -0.15) is 0 Å². The highest BCUT2D eigenvalue weighted by atomic mass is 16.5. The first-order chi connectivity index (χ1) is 16.9. The second-order valence-electron chi connectivity index (χ2n) is 10.3. The summed E-state index contributed by atoms with van der Waals surface area (Å²) >= 11 is 0. The Morgan fingerprint density at radius 1 is 1.03 bits per heavy atom. The Balaban J connectivity index is 1.49. The second kappa shape index (κ2) is 11.1. The van der Waals surface area contributed by atoms with Crippen molar-refractivity contribution in [3.05, 3.63) is 59.2 Å². The van der Waals surface area contributed by atoms with Gasteiger partial charge in [0.05, 0.1) is 19.3 Å². The van der Waals surface area contributed by atoms with Crippen LogP contribution in [0.2, 0.25) is 0 Å². The lowest BCUT2D eigenvalue weighted by Crippen LogP contribution is -2.53. The highest BCUT2D eigenvalue weighted by Crippen LogP contribution is 2.34. The van der Waals surface area contributed by atoms with Crippen molar-refractivity contribution in [3.8, 4) is 11.5 Å². The predicted molar refractivity (Wildman–Crippen MR) is 136 cm³/mol. The maximum Gasteiger partial charge on any atom is 0.243 e. The molecule has 0 spiro atoms. The molecular formula is C29H38N2O4. The summed E-state index contributed by atoms with van der Waals surface area (Å²) in [4.78, 5) is 28.3. The molecule has 2 aliphatic rings. The molecule has 188 valence electrons. The van der Waals surface area contributed by atoms with E-state index >= 15 is 0 Å². The van der Waals surface area contributed by atoms with E-state index in [1.165, 1.54) is 12.8 Å². The standard InChI is InChI=1S/C29H38N2O4/c1-19(2)15-28(32)31-18-23-10-6-5-9-22(23)16-25(31)29(33)30-20(3)21-13-14-26(27(17-21)34-4)35-24-11-7-8-12-24/h5-6,9-10,13-14,17,19-20,24-25H,7-8,11-12,15-16,18H2,1-4H3,(H,30,33). The van der Waals surface area contributed by atoms with E-state index in [0.29, 0.717) is 25.1 Å². The fourth-order valence-electron chi connectivity index (χ4n) is 5.12. The molecule has 1 fully saturated rings. The number of nitrogens with zero attached hydrogens (tertiary/aromatic N) is 1. The van der Waals surface area contributed by atoms with E-state index < -0.39 is 6.04 Å². The van der Waals surface area contributed by atoms with Crippen LogP contribution in [-0.4, -0.2) is 36.0 Å². The average Bonchev–Trinajstić information content (AvgIpc) is 3.36. The zero-order valence-corrected chi connectivity index (χ0v) is 21.4. The lowest BCUT2D eigenvalue weighted by atomic mass is 9.92. The molecule has 2 amide bonds. The molecule has 0 radical (unpaired) electrons. The SMILES string of the molecule is COc1cc(C(C)NC(=O)C2Cc3ccccc3CN2C(=O)CC(C)C)ccc1OC1CCCC1. The van der Waals surface area contributed by atoms with Crippen molar-refractivity contribution in [2.24, 2.45) is 5.92 Å². The molecule has 1 aliphatic carbocycles. The fraction of sp³-hybridized carbons (Fsp3) is 0.517. The van der Waals surface area contributed by atoms with Crippen LogP contribution in [0.15, 0.2) is 42.5 Å². The second-order valence-corrected chi connectivity index (χ2v) is 10.3. The van der Waals surface area contributed by atoms with Gasteiger partial charge in [0.25, 0.3) is 0 Å². The van der Waals surface area contributed by atoms with Crippen LogP contribution in [-0.2, 0) is 22.6 Å². The molecular weight excluding hydrogens is 440 g/mol. The highest BCUT2D eigenvalue weighted by molar-refractivity contribution is 5.88. The Hall–Kier alpha value is -3.02. The van der Waals surface area contributed by atoms with Crippen LogP contribution < -0.4 is 14.8 Å². The number of methoxy groups -OCH3 is 1. The monoisotopic (exact) mass is 478 g/mol. The van der Waals surface area contributed by atoms with Crippen molar-refractivity contribution < 1.29 is 19.1 Å². The van der Waals surface area contributed by atoms with Crippen LogP contribution in [0.1, 0.15) is 75.6 Å². The Kier molecular flexibility index (Phi) is 7.99. The normalized spacial score (nSPS) is 18.8. The number of carbonyl (C=O) groups is 2. The first kappa shape index (κ1) is 25.1. The number of amides is 2. The zero-order valence-electron chi connectivity index (χ0n) is 21.4. The molecule has 4 rings (SSSR count). The van der Waals surface area contributed by atoms with Gasteiger partial charge in [-0.25, -0.2) is 0 Å². The lowest BCUT2D eigenvalue weighted by molar-refractivity contribution is -0.142. The largest absolute Gasteiger partial charge is 0.493 e. The first-order valence-corrected chi connectivity index (χ1v) is 12.9. The molecule has 6 heteroatoms. The minimum Gasteiger partial charge on any atom is -0.493 e. The minimum atomic E-state index is -0.523. The molecule has 0 aromatic heterocycles.